The quantitative estimate of drug-likeness (QED) is 0.103. The third-order valence-corrected chi connectivity index (χ3v) is 7.53. The van der Waals surface area contributed by atoms with Gasteiger partial charge in [0, 0.05) is 36.6 Å². The molecule has 0 spiro atoms. The van der Waals surface area contributed by atoms with Crippen molar-refractivity contribution in [1.29, 1.82) is 0 Å². The van der Waals surface area contributed by atoms with Crippen molar-refractivity contribution in [3.05, 3.63) is 40.2 Å². The number of nitrogens with one attached hydrogen (secondary N) is 5. The molecule has 6 atom stereocenters. The number of halogens is 3. The zero-order valence-corrected chi connectivity index (χ0v) is 27.8. The second kappa shape index (κ2) is 17.9. The molecule has 1 heterocycles. The Balaban J connectivity index is 2.32. The zero-order valence-electron chi connectivity index (χ0n) is 27.8. The number of amides is 5. The van der Waals surface area contributed by atoms with Crippen LogP contribution < -0.4 is 32.2 Å². The summed E-state index contributed by atoms with van der Waals surface area (Å²) < 4.78 is 45.0. The van der Waals surface area contributed by atoms with Gasteiger partial charge in [-0.2, -0.15) is 13.2 Å². The fourth-order valence-corrected chi connectivity index (χ4v) is 4.73. The number of aliphatic hydroxyl groups excluding tert-OH is 1. The number of benzene rings is 1. The van der Waals surface area contributed by atoms with E-state index >= 15 is 0 Å². The second-order valence-corrected chi connectivity index (χ2v) is 11.6. The minimum atomic E-state index is -4.92. The van der Waals surface area contributed by atoms with Crippen molar-refractivity contribution < 1.29 is 66.5 Å². The highest BCUT2D eigenvalue weighted by Crippen LogP contribution is 2.34. The van der Waals surface area contributed by atoms with Crippen molar-refractivity contribution in [1.82, 2.24) is 21.3 Å². The monoisotopic (exact) mass is 729 g/mol. The van der Waals surface area contributed by atoms with E-state index < -0.39 is 125 Å². The van der Waals surface area contributed by atoms with Gasteiger partial charge >= 0.3 is 23.7 Å². The number of hydrogen-bond donors (Lipinski definition) is 8. The molecule has 20 heteroatoms. The van der Waals surface area contributed by atoms with Gasteiger partial charge in [-0.15, -0.1) is 0 Å². The fourth-order valence-electron chi connectivity index (χ4n) is 4.73. The Morgan fingerprint density at radius 3 is 1.96 bits per heavy atom. The van der Waals surface area contributed by atoms with Crippen LogP contribution in [0.5, 0.6) is 0 Å². The molecule has 280 valence electrons. The largest absolute Gasteiger partial charge is 0.481 e. The van der Waals surface area contributed by atoms with Crippen LogP contribution in [0.15, 0.2) is 33.5 Å². The lowest BCUT2D eigenvalue weighted by atomic mass is 9.97. The molecule has 0 aliphatic carbocycles. The average Bonchev–Trinajstić information content (AvgIpc) is 3.01. The highest BCUT2D eigenvalue weighted by atomic mass is 19.4. The van der Waals surface area contributed by atoms with Crippen LogP contribution in [0.4, 0.5) is 18.9 Å². The summed E-state index contributed by atoms with van der Waals surface area (Å²) in [6, 6.07) is -3.54. The van der Waals surface area contributed by atoms with Crippen molar-refractivity contribution in [3.63, 3.8) is 0 Å². The summed E-state index contributed by atoms with van der Waals surface area (Å²) >= 11 is 0. The van der Waals surface area contributed by atoms with Gasteiger partial charge in [0.15, 0.2) is 0 Å². The summed E-state index contributed by atoms with van der Waals surface area (Å²) in [5.74, 6) is -8.42. The van der Waals surface area contributed by atoms with Crippen molar-refractivity contribution in [2.45, 2.75) is 89.8 Å². The minimum absolute atomic E-state index is 0.244. The van der Waals surface area contributed by atoms with Crippen LogP contribution in [-0.2, 0) is 39.7 Å². The summed E-state index contributed by atoms with van der Waals surface area (Å²) in [4.78, 5) is 98.9. The Labute approximate surface area is 287 Å². The molecule has 8 N–H and O–H groups in total. The Bertz CT molecular complexity index is 1710. The third kappa shape index (κ3) is 12.4. The van der Waals surface area contributed by atoms with Crippen molar-refractivity contribution in [3.8, 4) is 0 Å². The van der Waals surface area contributed by atoms with Gasteiger partial charge in [-0.1, -0.05) is 20.3 Å². The average molecular weight is 730 g/mol. The topological polar surface area (TPSA) is 271 Å². The summed E-state index contributed by atoms with van der Waals surface area (Å²) in [6.07, 6.45) is -8.39. The van der Waals surface area contributed by atoms with Crippen LogP contribution in [0.1, 0.15) is 58.9 Å². The number of alkyl halides is 3. The molecule has 2 aromatic rings. The molecule has 0 aliphatic heterocycles. The van der Waals surface area contributed by atoms with Crippen molar-refractivity contribution >= 4 is 58.1 Å². The summed E-state index contributed by atoms with van der Waals surface area (Å²) in [6.45, 7) is 5.59. The Kier molecular flexibility index (Phi) is 14.6. The number of hydrogen-bond acceptors (Lipinski definition) is 10. The molecule has 0 saturated carbocycles. The van der Waals surface area contributed by atoms with E-state index in [1.54, 1.807) is 13.8 Å². The lowest BCUT2D eigenvalue weighted by molar-refractivity contribution is -0.141. The first-order chi connectivity index (χ1) is 23.6. The fraction of sp³-hybridized carbons (Fsp3) is 0.484. The zero-order chi connectivity index (χ0) is 38.8. The molecule has 5 amide bonds. The number of carboxylic acid groups (broad SMARTS) is 2. The number of aliphatic hydroxyl groups is 1. The number of carbonyl (C=O) groups excluding carboxylic acids is 5. The molecule has 51 heavy (non-hydrogen) atoms. The summed E-state index contributed by atoms with van der Waals surface area (Å²) in [5, 5.41) is 39.6. The number of carboxylic acids is 2. The van der Waals surface area contributed by atoms with Crippen LogP contribution in [0.3, 0.4) is 0 Å². The highest BCUT2D eigenvalue weighted by molar-refractivity contribution is 6.01. The number of anilines is 1. The molecular weight excluding hydrogens is 691 g/mol. The van der Waals surface area contributed by atoms with Gasteiger partial charge < -0.3 is 46.3 Å². The first kappa shape index (κ1) is 41.6. The maximum Gasteiger partial charge on any atom is 0.417 e. The van der Waals surface area contributed by atoms with E-state index in [2.05, 4.69) is 26.6 Å². The molecule has 4 unspecified atom stereocenters. The summed E-state index contributed by atoms with van der Waals surface area (Å²) in [7, 11) is 0. The number of aliphatic carboxylic acids is 2. The van der Waals surface area contributed by atoms with E-state index in [1.165, 1.54) is 0 Å². The van der Waals surface area contributed by atoms with Crippen LogP contribution in [0.2, 0.25) is 0 Å². The molecule has 0 bridgehead atoms. The van der Waals surface area contributed by atoms with Crippen LogP contribution in [-0.4, -0.2) is 87.1 Å². The molecule has 0 radical (unpaired) electrons. The lowest BCUT2D eigenvalue weighted by Gasteiger charge is -2.28. The Hall–Kier alpha value is -5.53. The van der Waals surface area contributed by atoms with Gasteiger partial charge in [0.05, 0.1) is 18.1 Å². The first-order valence-corrected chi connectivity index (χ1v) is 15.4. The molecule has 1 aromatic heterocycles. The smallest absolute Gasteiger partial charge is 0.417 e. The number of carbonyl (C=O) groups is 7. The normalized spacial score (nSPS) is 14.9. The van der Waals surface area contributed by atoms with Gasteiger partial charge in [0.1, 0.15) is 29.8 Å². The molecule has 1 aromatic carbocycles. The SMILES string of the molecule is CC[C@H](C)[C@H](NC(C)=O)C(=O)NC(CCC(=O)O)C(=O)NC(C(=O)NC(CC(=O)O)C(=O)Nc1ccc2c(C(F)(F)F)cc(=O)oc2c1)C(C)O. The maximum atomic E-state index is 13.4. The molecular formula is C31H38F3N5O12. The van der Waals surface area contributed by atoms with Crippen LogP contribution >= 0.6 is 0 Å². The predicted octanol–water partition coefficient (Wildman–Crippen LogP) is 0.476. The van der Waals surface area contributed by atoms with Crippen LogP contribution in [0, 0.1) is 5.92 Å². The minimum Gasteiger partial charge on any atom is -0.481 e. The predicted molar refractivity (Wildman–Crippen MR) is 170 cm³/mol. The Morgan fingerprint density at radius 1 is 0.824 bits per heavy atom. The van der Waals surface area contributed by atoms with Gasteiger partial charge in [-0.05, 0) is 31.4 Å². The molecule has 0 saturated heterocycles. The first-order valence-electron chi connectivity index (χ1n) is 15.4. The van der Waals surface area contributed by atoms with Gasteiger partial charge in [0.2, 0.25) is 29.5 Å². The Morgan fingerprint density at radius 2 is 1.43 bits per heavy atom. The number of fused-ring (bicyclic) bond motifs is 1. The summed E-state index contributed by atoms with van der Waals surface area (Å²) in [5.41, 5.74) is -3.47. The van der Waals surface area contributed by atoms with E-state index in [-0.39, 0.29) is 11.8 Å². The van der Waals surface area contributed by atoms with E-state index in [0.29, 0.717) is 6.42 Å². The molecule has 17 nitrogen and oxygen atoms in total. The maximum absolute atomic E-state index is 13.4. The lowest BCUT2D eigenvalue weighted by Crippen LogP contribution is -2.61. The van der Waals surface area contributed by atoms with Crippen LogP contribution in [0.25, 0.3) is 11.0 Å². The van der Waals surface area contributed by atoms with Gasteiger partial charge in [0.25, 0.3) is 0 Å². The van der Waals surface area contributed by atoms with E-state index in [1.807, 2.05) is 0 Å². The van der Waals surface area contributed by atoms with E-state index in [0.717, 1.165) is 32.0 Å². The standard InChI is InChI=1S/C31H38F3N5O12/c1-5-13(2)25(35-15(4)41)29(49)37-19(8-9-22(42)43)27(47)39-26(14(3)40)30(50)38-20(12-23(44)45)28(48)36-16-6-7-17-18(31(32,33)34)11-24(46)51-21(17)10-16/h6-7,10-11,13-14,19-20,25-26,40H,5,8-9,12H2,1-4H3,(H,35,41)(H,36,48)(H,37,49)(H,38,50)(H,39,47)(H,42,43)(H,44,45)/t13-,14?,19?,20?,25-,26?/m0/s1. The molecule has 0 fully saturated rings. The highest BCUT2D eigenvalue weighted by Gasteiger charge is 2.36. The third-order valence-electron chi connectivity index (χ3n) is 7.53. The molecule has 0 aliphatic rings. The van der Waals surface area contributed by atoms with Crippen molar-refractivity contribution in [2.24, 2.45) is 5.92 Å². The van der Waals surface area contributed by atoms with Crippen molar-refractivity contribution in [2.75, 3.05) is 5.32 Å². The number of rotatable bonds is 17. The van der Waals surface area contributed by atoms with Gasteiger partial charge in [-0.25, -0.2) is 4.79 Å². The van der Waals surface area contributed by atoms with E-state index in [9.17, 15) is 66.8 Å². The van der Waals surface area contributed by atoms with E-state index in [4.69, 9.17) is 4.42 Å². The molecule has 2 rings (SSSR count). The second-order valence-electron chi connectivity index (χ2n) is 11.6. The van der Waals surface area contributed by atoms with Gasteiger partial charge in [-0.3, -0.25) is 33.6 Å².